The fourth-order valence-electron chi connectivity index (χ4n) is 7.14. The van der Waals surface area contributed by atoms with Gasteiger partial charge in [-0.2, -0.15) is 0 Å². The third kappa shape index (κ3) is 2.27. The van der Waals surface area contributed by atoms with Crippen molar-refractivity contribution >= 4 is 17.1 Å². The van der Waals surface area contributed by atoms with Gasteiger partial charge in [0.25, 0.3) is 0 Å². The van der Waals surface area contributed by atoms with Crippen molar-refractivity contribution in [2.24, 2.45) is 0 Å². The average molecular weight is 447 g/mol. The Bertz CT molecular complexity index is 1760. The Hall–Kier alpha value is -4.17. The second-order valence-electron chi connectivity index (χ2n) is 10.4. The SMILES string of the molecule is c1ccc2c(c1)Cc1cc3c(cc1-2)Cc1c2c(cc4c1N3c1cnccc1C4)Cc1ccccc1-2. The molecule has 2 aliphatic heterocycles. The molecule has 0 amide bonds. The number of aromatic nitrogens is 1. The predicted octanol–water partition coefficient (Wildman–Crippen LogP) is 7.50. The molecule has 5 aromatic rings. The first-order valence-corrected chi connectivity index (χ1v) is 12.6. The highest BCUT2D eigenvalue weighted by atomic mass is 15.2. The third-order valence-electron chi connectivity index (χ3n) is 8.56. The van der Waals surface area contributed by atoms with Crippen LogP contribution in [0.15, 0.2) is 85.2 Å². The smallest absolute Gasteiger partial charge is 0.0680 e. The number of hydrogen-bond acceptors (Lipinski definition) is 2. The molecule has 0 saturated heterocycles. The molecule has 35 heavy (non-hydrogen) atoms. The van der Waals surface area contributed by atoms with Gasteiger partial charge in [0, 0.05) is 19.0 Å². The summed E-state index contributed by atoms with van der Waals surface area (Å²) in [4.78, 5) is 7.11. The number of anilines is 3. The molecule has 0 spiro atoms. The van der Waals surface area contributed by atoms with Crippen LogP contribution in [0.3, 0.4) is 0 Å². The lowest BCUT2D eigenvalue weighted by atomic mass is 9.81. The molecule has 0 bridgehead atoms. The van der Waals surface area contributed by atoms with Crippen molar-refractivity contribution in [1.29, 1.82) is 0 Å². The van der Waals surface area contributed by atoms with Crippen LogP contribution in [0.2, 0.25) is 0 Å². The summed E-state index contributed by atoms with van der Waals surface area (Å²) in [6.07, 6.45) is 8.03. The molecule has 2 nitrogen and oxygen atoms in total. The van der Waals surface area contributed by atoms with Crippen LogP contribution < -0.4 is 4.90 Å². The molecule has 9 rings (SSSR count). The van der Waals surface area contributed by atoms with Gasteiger partial charge < -0.3 is 4.90 Å². The van der Waals surface area contributed by atoms with E-state index in [1.807, 2.05) is 6.20 Å². The zero-order valence-corrected chi connectivity index (χ0v) is 19.3. The molecule has 1 aromatic heterocycles. The van der Waals surface area contributed by atoms with Gasteiger partial charge in [0.15, 0.2) is 0 Å². The van der Waals surface area contributed by atoms with Crippen molar-refractivity contribution in [2.45, 2.75) is 25.7 Å². The summed E-state index contributed by atoms with van der Waals surface area (Å²) in [5.41, 5.74) is 21.3. The minimum absolute atomic E-state index is 0.978. The number of rotatable bonds is 0. The zero-order valence-electron chi connectivity index (χ0n) is 19.3. The van der Waals surface area contributed by atoms with Crippen LogP contribution in [0.5, 0.6) is 0 Å². The van der Waals surface area contributed by atoms with Gasteiger partial charge in [-0.1, -0.05) is 54.6 Å². The van der Waals surface area contributed by atoms with Gasteiger partial charge in [-0.3, -0.25) is 4.98 Å². The minimum Gasteiger partial charge on any atom is -0.308 e. The van der Waals surface area contributed by atoms with Crippen molar-refractivity contribution < 1.29 is 0 Å². The maximum absolute atomic E-state index is 4.57. The Morgan fingerprint density at radius 2 is 1.31 bits per heavy atom. The minimum atomic E-state index is 0.978. The second-order valence-corrected chi connectivity index (χ2v) is 10.4. The van der Waals surface area contributed by atoms with Gasteiger partial charge in [0.1, 0.15) is 0 Å². The molecule has 2 heteroatoms. The summed E-state index contributed by atoms with van der Waals surface area (Å²) < 4.78 is 0. The Kier molecular flexibility index (Phi) is 3.27. The zero-order chi connectivity index (χ0) is 22.7. The maximum Gasteiger partial charge on any atom is 0.0680 e. The van der Waals surface area contributed by atoms with Crippen LogP contribution in [0, 0.1) is 0 Å². The molecule has 0 radical (unpaired) electrons. The van der Waals surface area contributed by atoms with Crippen LogP contribution in [-0.4, -0.2) is 4.98 Å². The molecular formula is C33H22N2. The van der Waals surface area contributed by atoms with E-state index in [-0.39, 0.29) is 0 Å². The van der Waals surface area contributed by atoms with Crippen molar-refractivity contribution in [3.63, 3.8) is 0 Å². The first-order chi connectivity index (χ1) is 17.3. The van der Waals surface area contributed by atoms with Crippen molar-refractivity contribution in [3.8, 4) is 22.3 Å². The lowest BCUT2D eigenvalue weighted by molar-refractivity contribution is 0.996. The van der Waals surface area contributed by atoms with Crippen molar-refractivity contribution in [1.82, 2.24) is 4.98 Å². The van der Waals surface area contributed by atoms with E-state index in [0.717, 1.165) is 25.7 Å². The average Bonchev–Trinajstić information content (AvgIpc) is 3.45. The standard InChI is InChI=1S/C33H22N2/c1-3-7-26-19(5-1)11-22-17-30-23(15-28(22)26)16-29-32-24(12-20-6-2-4-8-27(20)32)14-25-13-21-9-10-34-18-31(21)35(30)33(25)29/h1-10,14-15,17-18H,11-13,16H2. The Balaban J connectivity index is 1.36. The lowest BCUT2D eigenvalue weighted by Gasteiger charge is -2.40. The molecule has 2 aliphatic carbocycles. The topological polar surface area (TPSA) is 16.1 Å². The molecule has 3 heterocycles. The van der Waals surface area contributed by atoms with E-state index in [0.29, 0.717) is 0 Å². The molecule has 0 saturated carbocycles. The van der Waals surface area contributed by atoms with Crippen molar-refractivity contribution in [2.75, 3.05) is 4.90 Å². The van der Waals surface area contributed by atoms with E-state index in [4.69, 9.17) is 0 Å². The van der Waals surface area contributed by atoms with Gasteiger partial charge >= 0.3 is 0 Å². The van der Waals surface area contributed by atoms with E-state index in [1.165, 1.54) is 83.8 Å². The highest BCUT2D eigenvalue weighted by molar-refractivity contribution is 5.96. The highest BCUT2D eigenvalue weighted by Gasteiger charge is 2.37. The van der Waals surface area contributed by atoms with Gasteiger partial charge in [-0.15, -0.1) is 0 Å². The Morgan fingerprint density at radius 3 is 2.23 bits per heavy atom. The summed E-state index contributed by atoms with van der Waals surface area (Å²) >= 11 is 0. The lowest BCUT2D eigenvalue weighted by Crippen LogP contribution is -2.25. The summed E-state index contributed by atoms with van der Waals surface area (Å²) in [5.74, 6) is 0. The first-order valence-electron chi connectivity index (χ1n) is 12.6. The molecule has 4 aliphatic rings. The predicted molar refractivity (Wildman–Crippen MR) is 141 cm³/mol. The maximum atomic E-state index is 4.57. The summed E-state index contributed by atoms with van der Waals surface area (Å²) in [6.45, 7) is 0. The largest absolute Gasteiger partial charge is 0.308 e. The summed E-state index contributed by atoms with van der Waals surface area (Å²) in [7, 11) is 0. The first kappa shape index (κ1) is 18.2. The highest BCUT2D eigenvalue weighted by Crippen LogP contribution is 2.56. The fraction of sp³-hybridized carbons (Fsp3) is 0.121. The molecule has 0 atom stereocenters. The summed E-state index contributed by atoms with van der Waals surface area (Å²) in [5, 5.41) is 0. The molecule has 0 unspecified atom stereocenters. The molecule has 0 fully saturated rings. The fourth-order valence-corrected chi connectivity index (χ4v) is 7.14. The number of pyridine rings is 1. The van der Waals surface area contributed by atoms with Gasteiger partial charge in [0.2, 0.25) is 0 Å². The molecule has 164 valence electrons. The monoisotopic (exact) mass is 446 g/mol. The van der Waals surface area contributed by atoms with E-state index >= 15 is 0 Å². The van der Waals surface area contributed by atoms with Crippen LogP contribution in [0.4, 0.5) is 17.1 Å². The van der Waals surface area contributed by atoms with E-state index in [1.54, 1.807) is 0 Å². The van der Waals surface area contributed by atoms with Crippen LogP contribution >= 0.6 is 0 Å². The van der Waals surface area contributed by atoms with Gasteiger partial charge in [0.05, 0.1) is 23.3 Å². The number of nitrogens with zero attached hydrogens (tertiary/aromatic N) is 2. The number of fused-ring (bicyclic) bond motifs is 11. The van der Waals surface area contributed by atoms with Crippen LogP contribution in [0.1, 0.15) is 44.5 Å². The van der Waals surface area contributed by atoms with Crippen LogP contribution in [0.25, 0.3) is 22.3 Å². The second kappa shape index (κ2) is 6.28. The van der Waals surface area contributed by atoms with E-state index in [2.05, 4.69) is 88.9 Å². The van der Waals surface area contributed by atoms with Gasteiger partial charge in [-0.05, 0) is 97.8 Å². The summed E-state index contributed by atoms with van der Waals surface area (Å²) in [6, 6.07) is 27.6. The number of hydrogen-bond donors (Lipinski definition) is 0. The van der Waals surface area contributed by atoms with Gasteiger partial charge in [-0.25, -0.2) is 0 Å². The third-order valence-corrected chi connectivity index (χ3v) is 8.56. The number of benzene rings is 4. The van der Waals surface area contributed by atoms with E-state index < -0.39 is 0 Å². The van der Waals surface area contributed by atoms with Crippen molar-refractivity contribution in [3.05, 3.63) is 130 Å². The molecule has 4 aromatic carbocycles. The van der Waals surface area contributed by atoms with E-state index in [9.17, 15) is 0 Å². The molecule has 0 N–H and O–H groups in total. The quantitative estimate of drug-likeness (QED) is 0.240. The Labute approximate surface area is 204 Å². The van der Waals surface area contributed by atoms with Crippen LogP contribution in [-0.2, 0) is 25.7 Å². The normalized spacial score (nSPS) is 14.9. The molecular weight excluding hydrogens is 424 g/mol. The Morgan fingerprint density at radius 1 is 0.543 bits per heavy atom.